The maximum atomic E-state index is 12.9. The Labute approximate surface area is 209 Å². The van der Waals surface area contributed by atoms with Gasteiger partial charge in [-0.05, 0) is 17.9 Å². The standard InChI is InChI=1S/C24H34N6O6/c1-14(2)8-18(28-21(32)17(25)10-16-11-26-13-27-16)22(33)30-20(12-31)23(34)29-19(24(35)36)9-15-6-4-3-5-7-15/h3-7,11,13-14,17-20,31H,8-10,12,25H2,1-2H3,(H,26,27)(H,28,32)(H,29,34)(H,30,33)(H,35,36). The number of carbonyl (C=O) groups is 4. The topological polar surface area (TPSA) is 200 Å². The van der Waals surface area contributed by atoms with Crippen LogP contribution in [0.25, 0.3) is 0 Å². The van der Waals surface area contributed by atoms with Gasteiger partial charge in [0.1, 0.15) is 18.1 Å². The fourth-order valence-electron chi connectivity index (χ4n) is 3.50. The molecule has 3 amide bonds. The number of aliphatic carboxylic acids is 1. The van der Waals surface area contributed by atoms with E-state index in [1.165, 1.54) is 12.5 Å². The van der Waals surface area contributed by atoms with Crippen molar-refractivity contribution < 1.29 is 29.4 Å². The van der Waals surface area contributed by atoms with E-state index >= 15 is 0 Å². The summed E-state index contributed by atoms with van der Waals surface area (Å²) < 4.78 is 0. The number of aliphatic hydroxyl groups is 1. The summed E-state index contributed by atoms with van der Waals surface area (Å²) in [6, 6.07) is 4.08. The number of benzene rings is 1. The summed E-state index contributed by atoms with van der Waals surface area (Å²) in [6.45, 7) is 2.94. The number of aliphatic hydroxyl groups excluding tert-OH is 1. The van der Waals surface area contributed by atoms with E-state index in [-0.39, 0.29) is 25.2 Å². The maximum Gasteiger partial charge on any atom is 0.326 e. The number of nitrogens with zero attached hydrogens (tertiary/aromatic N) is 1. The van der Waals surface area contributed by atoms with Gasteiger partial charge in [-0.15, -0.1) is 0 Å². The number of hydrogen-bond acceptors (Lipinski definition) is 7. The lowest BCUT2D eigenvalue weighted by Crippen LogP contribution is -2.58. The molecule has 12 heteroatoms. The average molecular weight is 503 g/mol. The SMILES string of the molecule is CC(C)CC(NC(=O)C(N)Cc1cnc[nH]1)C(=O)NC(CO)C(=O)NC(Cc1ccccc1)C(=O)O. The maximum absolute atomic E-state index is 12.9. The number of nitrogens with two attached hydrogens (primary N) is 1. The van der Waals surface area contributed by atoms with E-state index in [9.17, 15) is 29.4 Å². The fraction of sp³-hybridized carbons (Fsp3) is 0.458. The molecule has 0 aliphatic heterocycles. The van der Waals surface area contributed by atoms with Gasteiger partial charge in [0, 0.05) is 24.7 Å². The molecule has 0 saturated carbocycles. The van der Waals surface area contributed by atoms with Crippen LogP contribution in [0.3, 0.4) is 0 Å². The molecule has 1 heterocycles. The number of carboxylic acid groups (broad SMARTS) is 1. The van der Waals surface area contributed by atoms with Crippen molar-refractivity contribution in [3.63, 3.8) is 0 Å². The Bertz CT molecular complexity index is 998. The third-order valence-electron chi connectivity index (χ3n) is 5.38. The van der Waals surface area contributed by atoms with E-state index in [1.807, 2.05) is 13.8 Å². The molecular weight excluding hydrogens is 468 g/mol. The average Bonchev–Trinajstić information content (AvgIpc) is 3.34. The summed E-state index contributed by atoms with van der Waals surface area (Å²) in [4.78, 5) is 56.6. The minimum absolute atomic E-state index is 0.00791. The van der Waals surface area contributed by atoms with E-state index in [2.05, 4.69) is 25.9 Å². The summed E-state index contributed by atoms with van der Waals surface area (Å²) >= 11 is 0. The zero-order valence-electron chi connectivity index (χ0n) is 20.3. The molecule has 0 radical (unpaired) electrons. The molecule has 1 aromatic heterocycles. The van der Waals surface area contributed by atoms with Crippen molar-refractivity contribution in [1.82, 2.24) is 25.9 Å². The van der Waals surface area contributed by atoms with Crippen molar-refractivity contribution in [2.45, 2.75) is 57.3 Å². The number of rotatable bonds is 14. The number of carbonyl (C=O) groups excluding carboxylic acids is 3. The first kappa shape index (κ1) is 28.5. The molecule has 36 heavy (non-hydrogen) atoms. The van der Waals surface area contributed by atoms with E-state index in [0.29, 0.717) is 11.3 Å². The zero-order chi connectivity index (χ0) is 26.7. The minimum Gasteiger partial charge on any atom is -0.480 e. The number of aromatic amines is 1. The number of H-pyrrole nitrogens is 1. The van der Waals surface area contributed by atoms with Crippen LogP contribution in [0.4, 0.5) is 0 Å². The summed E-state index contributed by atoms with van der Waals surface area (Å²) in [5.41, 5.74) is 7.31. The van der Waals surface area contributed by atoms with E-state index in [0.717, 1.165) is 0 Å². The number of imidazole rings is 1. The fourth-order valence-corrected chi connectivity index (χ4v) is 3.50. The third-order valence-corrected chi connectivity index (χ3v) is 5.38. The van der Waals surface area contributed by atoms with Crippen molar-refractivity contribution in [2.75, 3.05) is 6.61 Å². The smallest absolute Gasteiger partial charge is 0.326 e. The summed E-state index contributed by atoms with van der Waals surface area (Å²) in [6.07, 6.45) is 3.46. The van der Waals surface area contributed by atoms with Gasteiger partial charge in [0.05, 0.1) is 19.0 Å². The van der Waals surface area contributed by atoms with Gasteiger partial charge in [-0.3, -0.25) is 14.4 Å². The van der Waals surface area contributed by atoms with E-state index in [4.69, 9.17) is 5.73 Å². The quantitative estimate of drug-likeness (QED) is 0.172. The van der Waals surface area contributed by atoms with E-state index < -0.39 is 54.5 Å². The lowest BCUT2D eigenvalue weighted by Gasteiger charge is -2.25. The minimum atomic E-state index is -1.42. The molecule has 1 aromatic carbocycles. The molecular formula is C24H34N6O6. The molecule has 0 fully saturated rings. The van der Waals surface area contributed by atoms with Crippen molar-refractivity contribution in [2.24, 2.45) is 11.7 Å². The highest BCUT2D eigenvalue weighted by Gasteiger charge is 2.30. The van der Waals surface area contributed by atoms with Gasteiger partial charge in [0.15, 0.2) is 0 Å². The number of hydrogen-bond donors (Lipinski definition) is 7. The van der Waals surface area contributed by atoms with Crippen LogP contribution >= 0.6 is 0 Å². The Hall–Kier alpha value is -3.77. The molecule has 4 atom stereocenters. The molecule has 196 valence electrons. The van der Waals surface area contributed by atoms with Crippen molar-refractivity contribution in [3.8, 4) is 0 Å². The van der Waals surface area contributed by atoms with Gasteiger partial charge in [0.25, 0.3) is 0 Å². The number of amides is 3. The molecule has 8 N–H and O–H groups in total. The van der Waals surface area contributed by atoms with Crippen LogP contribution in [0.2, 0.25) is 0 Å². The van der Waals surface area contributed by atoms with Crippen molar-refractivity contribution in [3.05, 3.63) is 54.1 Å². The summed E-state index contributed by atoms with van der Waals surface area (Å²) in [5.74, 6) is -3.38. The predicted molar refractivity (Wildman–Crippen MR) is 130 cm³/mol. The van der Waals surface area contributed by atoms with Crippen LogP contribution in [0.15, 0.2) is 42.9 Å². The molecule has 0 saturated heterocycles. The first-order valence-corrected chi connectivity index (χ1v) is 11.6. The van der Waals surface area contributed by atoms with Gasteiger partial charge in [-0.2, -0.15) is 0 Å². The first-order valence-electron chi connectivity index (χ1n) is 11.6. The molecule has 2 aromatic rings. The summed E-state index contributed by atoms with van der Waals surface area (Å²) in [5, 5.41) is 26.6. The second-order valence-electron chi connectivity index (χ2n) is 8.91. The second kappa shape index (κ2) is 14.0. The Balaban J connectivity index is 2.03. The molecule has 12 nitrogen and oxygen atoms in total. The number of nitrogens with one attached hydrogen (secondary N) is 4. The Morgan fingerprint density at radius 1 is 0.944 bits per heavy atom. The largest absolute Gasteiger partial charge is 0.480 e. The molecule has 0 bridgehead atoms. The highest BCUT2D eigenvalue weighted by atomic mass is 16.4. The van der Waals surface area contributed by atoms with Crippen molar-refractivity contribution >= 4 is 23.7 Å². The second-order valence-corrected chi connectivity index (χ2v) is 8.91. The van der Waals surface area contributed by atoms with Crippen molar-refractivity contribution in [1.29, 1.82) is 0 Å². The predicted octanol–water partition coefficient (Wildman–Crippen LogP) is -0.900. The normalized spacial score (nSPS) is 14.4. The van der Waals surface area contributed by atoms with Gasteiger partial charge >= 0.3 is 5.97 Å². The monoisotopic (exact) mass is 502 g/mol. The van der Waals surface area contributed by atoms with Crippen LogP contribution in [-0.2, 0) is 32.0 Å². The highest BCUT2D eigenvalue weighted by molar-refractivity contribution is 5.94. The molecule has 2 rings (SSSR count). The first-order chi connectivity index (χ1) is 17.1. The lowest BCUT2D eigenvalue weighted by molar-refractivity contribution is -0.142. The van der Waals surface area contributed by atoms with Crippen LogP contribution < -0.4 is 21.7 Å². The Morgan fingerprint density at radius 2 is 1.56 bits per heavy atom. The summed E-state index contributed by atoms with van der Waals surface area (Å²) in [7, 11) is 0. The van der Waals surface area contributed by atoms with Gasteiger partial charge in [-0.25, -0.2) is 9.78 Å². The number of aromatic nitrogens is 2. The lowest BCUT2D eigenvalue weighted by atomic mass is 10.0. The zero-order valence-corrected chi connectivity index (χ0v) is 20.3. The highest BCUT2D eigenvalue weighted by Crippen LogP contribution is 2.08. The molecule has 4 unspecified atom stereocenters. The van der Waals surface area contributed by atoms with Gasteiger partial charge in [0.2, 0.25) is 17.7 Å². The Morgan fingerprint density at radius 3 is 2.11 bits per heavy atom. The third kappa shape index (κ3) is 9.12. The van der Waals surface area contributed by atoms with E-state index in [1.54, 1.807) is 30.3 Å². The van der Waals surface area contributed by atoms with Gasteiger partial charge in [-0.1, -0.05) is 44.2 Å². The molecule has 0 aliphatic rings. The Kier molecular flexibility index (Phi) is 11.0. The van der Waals surface area contributed by atoms with Crippen LogP contribution in [-0.4, -0.2) is 74.6 Å². The molecule has 0 aliphatic carbocycles. The van der Waals surface area contributed by atoms with Crippen LogP contribution in [0.5, 0.6) is 0 Å². The van der Waals surface area contributed by atoms with Crippen LogP contribution in [0, 0.1) is 5.92 Å². The molecule has 0 spiro atoms. The number of carboxylic acids is 1. The van der Waals surface area contributed by atoms with Gasteiger partial charge < -0.3 is 36.9 Å². The van der Waals surface area contributed by atoms with Crippen LogP contribution in [0.1, 0.15) is 31.5 Å².